The summed E-state index contributed by atoms with van der Waals surface area (Å²) >= 11 is 3.02. The minimum Gasteiger partial charge on any atom is -0.478 e. The van der Waals surface area contributed by atoms with Gasteiger partial charge in [-0.1, -0.05) is 23.1 Å². The molecule has 0 aliphatic heterocycles. The molecule has 0 aliphatic rings. The first-order chi connectivity index (χ1) is 8.06. The Balaban J connectivity index is 2.23. The first-order valence-electron chi connectivity index (χ1n) is 4.88. The van der Waals surface area contributed by atoms with Crippen molar-refractivity contribution in [2.75, 3.05) is 0 Å². The van der Waals surface area contributed by atoms with Gasteiger partial charge in [-0.25, -0.2) is 4.79 Å². The second-order valence-corrected chi connectivity index (χ2v) is 5.97. The smallest absolute Gasteiger partial charge is 0.335 e. The molecule has 0 saturated carbocycles. The Morgan fingerprint density at radius 2 is 2.12 bits per heavy atom. The van der Waals surface area contributed by atoms with E-state index in [9.17, 15) is 4.79 Å². The highest BCUT2D eigenvalue weighted by Crippen LogP contribution is 2.30. The SMILES string of the molecule is Cc1nnc(Sc2ccc(C(=O)O)c(C)c2)s1. The molecule has 6 heteroatoms. The van der Waals surface area contributed by atoms with E-state index in [-0.39, 0.29) is 0 Å². The van der Waals surface area contributed by atoms with Gasteiger partial charge in [-0.05, 0) is 37.6 Å². The number of carboxylic acid groups (broad SMARTS) is 1. The molecular formula is C11H10N2O2S2. The Labute approximate surface area is 107 Å². The summed E-state index contributed by atoms with van der Waals surface area (Å²) in [4.78, 5) is 11.8. The predicted octanol–water partition coefficient (Wildman–Crippen LogP) is 3.00. The van der Waals surface area contributed by atoms with E-state index in [1.165, 1.54) is 23.1 Å². The average Bonchev–Trinajstić information content (AvgIpc) is 2.63. The molecule has 2 aromatic rings. The van der Waals surface area contributed by atoms with Crippen LogP contribution in [0.3, 0.4) is 0 Å². The Morgan fingerprint density at radius 1 is 1.35 bits per heavy atom. The predicted molar refractivity (Wildman–Crippen MR) is 66.9 cm³/mol. The molecule has 0 saturated heterocycles. The van der Waals surface area contributed by atoms with E-state index in [2.05, 4.69) is 10.2 Å². The summed E-state index contributed by atoms with van der Waals surface area (Å²) in [5, 5.41) is 17.8. The maximum absolute atomic E-state index is 10.9. The van der Waals surface area contributed by atoms with E-state index in [1.807, 2.05) is 13.0 Å². The zero-order valence-corrected chi connectivity index (χ0v) is 10.9. The van der Waals surface area contributed by atoms with Crippen molar-refractivity contribution in [3.8, 4) is 0 Å². The Morgan fingerprint density at radius 3 is 2.65 bits per heavy atom. The molecule has 0 unspecified atom stereocenters. The first-order valence-corrected chi connectivity index (χ1v) is 6.51. The van der Waals surface area contributed by atoms with Gasteiger partial charge in [0.05, 0.1) is 5.56 Å². The van der Waals surface area contributed by atoms with Crippen LogP contribution in [0.1, 0.15) is 20.9 Å². The fourth-order valence-electron chi connectivity index (χ4n) is 1.36. The third-order valence-electron chi connectivity index (χ3n) is 2.14. The average molecular weight is 266 g/mol. The molecule has 1 aromatic heterocycles. The summed E-state index contributed by atoms with van der Waals surface area (Å²) in [5.74, 6) is -0.897. The molecule has 1 N–H and O–H groups in total. The molecule has 0 atom stereocenters. The molecule has 0 radical (unpaired) electrons. The van der Waals surface area contributed by atoms with Gasteiger partial charge in [-0.2, -0.15) is 0 Å². The van der Waals surface area contributed by atoms with Crippen LogP contribution in [0.4, 0.5) is 0 Å². The Kier molecular flexibility index (Phi) is 3.44. The Hall–Kier alpha value is -1.40. The van der Waals surface area contributed by atoms with Crippen molar-refractivity contribution in [3.05, 3.63) is 34.3 Å². The highest BCUT2D eigenvalue weighted by Gasteiger charge is 2.09. The van der Waals surface area contributed by atoms with Crippen LogP contribution in [0.25, 0.3) is 0 Å². The van der Waals surface area contributed by atoms with Crippen LogP contribution in [-0.4, -0.2) is 21.3 Å². The lowest BCUT2D eigenvalue weighted by molar-refractivity contribution is 0.0696. The van der Waals surface area contributed by atoms with Crippen LogP contribution >= 0.6 is 23.1 Å². The van der Waals surface area contributed by atoms with Gasteiger partial charge in [0.15, 0.2) is 4.34 Å². The second kappa shape index (κ2) is 4.85. The number of carbonyl (C=O) groups is 1. The molecule has 0 fully saturated rings. The maximum atomic E-state index is 10.9. The van der Waals surface area contributed by atoms with E-state index in [0.717, 1.165) is 19.8 Å². The van der Waals surface area contributed by atoms with Gasteiger partial charge in [-0.15, -0.1) is 10.2 Å². The van der Waals surface area contributed by atoms with Crippen molar-refractivity contribution in [1.82, 2.24) is 10.2 Å². The van der Waals surface area contributed by atoms with Crippen molar-refractivity contribution < 1.29 is 9.90 Å². The second-order valence-electron chi connectivity index (χ2n) is 3.47. The standard InChI is InChI=1S/C11H10N2O2S2/c1-6-5-8(3-4-9(6)10(14)15)17-11-13-12-7(2)16-11/h3-5H,1-2H3,(H,14,15). The van der Waals surface area contributed by atoms with Gasteiger partial charge in [-0.3, -0.25) is 0 Å². The van der Waals surface area contributed by atoms with E-state index in [4.69, 9.17) is 5.11 Å². The van der Waals surface area contributed by atoms with Crippen LogP contribution in [0, 0.1) is 13.8 Å². The number of aryl methyl sites for hydroxylation is 2. The maximum Gasteiger partial charge on any atom is 0.335 e. The van der Waals surface area contributed by atoms with Gasteiger partial charge >= 0.3 is 5.97 Å². The van der Waals surface area contributed by atoms with Gasteiger partial charge in [0, 0.05) is 4.90 Å². The number of hydrogen-bond donors (Lipinski definition) is 1. The molecule has 0 spiro atoms. The molecule has 17 heavy (non-hydrogen) atoms. The monoisotopic (exact) mass is 266 g/mol. The zero-order valence-electron chi connectivity index (χ0n) is 9.30. The summed E-state index contributed by atoms with van der Waals surface area (Å²) in [6, 6.07) is 5.26. The minimum atomic E-state index is -0.897. The fraction of sp³-hybridized carbons (Fsp3) is 0.182. The molecular weight excluding hydrogens is 256 g/mol. The summed E-state index contributed by atoms with van der Waals surface area (Å²) in [7, 11) is 0. The number of rotatable bonds is 3. The number of benzene rings is 1. The number of hydrogen-bond acceptors (Lipinski definition) is 5. The molecule has 88 valence electrons. The minimum absolute atomic E-state index is 0.336. The topological polar surface area (TPSA) is 63.1 Å². The zero-order chi connectivity index (χ0) is 12.4. The lowest BCUT2D eigenvalue weighted by Gasteiger charge is -2.03. The van der Waals surface area contributed by atoms with Crippen LogP contribution in [0.15, 0.2) is 27.4 Å². The highest BCUT2D eigenvalue weighted by molar-refractivity contribution is 8.01. The third-order valence-corrected chi connectivity index (χ3v) is 4.02. The van der Waals surface area contributed by atoms with Gasteiger partial charge in [0.1, 0.15) is 5.01 Å². The summed E-state index contributed by atoms with van der Waals surface area (Å²) < 4.78 is 0.866. The molecule has 1 aromatic carbocycles. The first kappa shape index (κ1) is 12.1. The summed E-state index contributed by atoms with van der Waals surface area (Å²) in [6.07, 6.45) is 0. The highest BCUT2D eigenvalue weighted by atomic mass is 32.2. The van der Waals surface area contributed by atoms with Crippen molar-refractivity contribution >= 4 is 29.1 Å². The van der Waals surface area contributed by atoms with Crippen molar-refractivity contribution in [2.24, 2.45) is 0 Å². The van der Waals surface area contributed by atoms with Crippen molar-refractivity contribution in [2.45, 2.75) is 23.1 Å². The van der Waals surface area contributed by atoms with E-state index < -0.39 is 5.97 Å². The van der Waals surface area contributed by atoms with Gasteiger partial charge in [0.25, 0.3) is 0 Å². The normalized spacial score (nSPS) is 10.5. The molecule has 0 aliphatic carbocycles. The molecule has 4 nitrogen and oxygen atoms in total. The molecule has 1 heterocycles. The lowest BCUT2D eigenvalue weighted by atomic mass is 10.1. The lowest BCUT2D eigenvalue weighted by Crippen LogP contribution is -1.98. The third kappa shape index (κ3) is 2.83. The molecule has 0 amide bonds. The van der Waals surface area contributed by atoms with Crippen LogP contribution in [0.5, 0.6) is 0 Å². The van der Waals surface area contributed by atoms with E-state index in [0.29, 0.717) is 5.56 Å². The number of aromatic carboxylic acids is 1. The van der Waals surface area contributed by atoms with E-state index >= 15 is 0 Å². The van der Waals surface area contributed by atoms with E-state index in [1.54, 1.807) is 19.1 Å². The quantitative estimate of drug-likeness (QED) is 0.925. The summed E-state index contributed by atoms with van der Waals surface area (Å²) in [6.45, 7) is 3.69. The fourth-order valence-corrected chi connectivity index (χ4v) is 3.25. The largest absolute Gasteiger partial charge is 0.478 e. The number of aromatic nitrogens is 2. The van der Waals surface area contributed by atoms with Crippen molar-refractivity contribution in [3.63, 3.8) is 0 Å². The van der Waals surface area contributed by atoms with Gasteiger partial charge in [0.2, 0.25) is 0 Å². The van der Waals surface area contributed by atoms with Crippen LogP contribution in [0.2, 0.25) is 0 Å². The van der Waals surface area contributed by atoms with Crippen molar-refractivity contribution in [1.29, 1.82) is 0 Å². The van der Waals surface area contributed by atoms with Crippen LogP contribution < -0.4 is 0 Å². The summed E-state index contributed by atoms with van der Waals surface area (Å²) in [5.41, 5.74) is 1.09. The molecule has 2 rings (SSSR count). The molecule has 0 bridgehead atoms. The van der Waals surface area contributed by atoms with Gasteiger partial charge < -0.3 is 5.11 Å². The Bertz CT molecular complexity index is 566. The van der Waals surface area contributed by atoms with Crippen LogP contribution in [-0.2, 0) is 0 Å². The number of nitrogens with zero attached hydrogens (tertiary/aromatic N) is 2. The number of carboxylic acids is 1.